The van der Waals surface area contributed by atoms with Crippen LogP contribution in [0.2, 0.25) is 0 Å². The fourth-order valence-electron chi connectivity index (χ4n) is 3.71. The predicted molar refractivity (Wildman–Crippen MR) is 116 cm³/mol. The number of nitrogens with one attached hydrogen (secondary N) is 1. The lowest BCUT2D eigenvalue weighted by Crippen LogP contribution is -2.35. The lowest BCUT2D eigenvalue weighted by atomic mass is 10.1. The second-order valence-corrected chi connectivity index (χ2v) is 8.59. The predicted octanol–water partition coefficient (Wildman–Crippen LogP) is 3.95. The number of para-hydroxylation sites is 2. The molecule has 1 aromatic heterocycles. The first-order valence-electron chi connectivity index (χ1n) is 10.1. The molecule has 0 saturated carbocycles. The molecule has 7 heteroatoms. The lowest BCUT2D eigenvalue weighted by Gasteiger charge is -2.31. The second kappa shape index (κ2) is 9.26. The zero-order valence-electron chi connectivity index (χ0n) is 16.6. The van der Waals surface area contributed by atoms with E-state index < -0.39 is 6.10 Å². The van der Waals surface area contributed by atoms with Gasteiger partial charge in [-0.05, 0) is 38.1 Å². The molecule has 2 heterocycles. The third-order valence-corrected chi connectivity index (χ3v) is 6.37. The second-order valence-electron chi connectivity index (χ2n) is 7.45. The van der Waals surface area contributed by atoms with Gasteiger partial charge in [0.05, 0.1) is 17.1 Å². The van der Waals surface area contributed by atoms with Gasteiger partial charge in [-0.2, -0.15) is 0 Å². The minimum atomic E-state index is -0.575. The summed E-state index contributed by atoms with van der Waals surface area (Å²) in [6.45, 7) is 2.46. The van der Waals surface area contributed by atoms with Gasteiger partial charge in [-0.25, -0.2) is 9.37 Å². The molecule has 0 amide bonds. The van der Waals surface area contributed by atoms with Crippen LogP contribution in [0.1, 0.15) is 30.3 Å². The van der Waals surface area contributed by atoms with E-state index in [1.54, 1.807) is 12.1 Å². The Labute approximate surface area is 174 Å². The van der Waals surface area contributed by atoms with Gasteiger partial charge in [0.2, 0.25) is 0 Å². The molecule has 0 spiro atoms. The van der Waals surface area contributed by atoms with Gasteiger partial charge >= 0.3 is 0 Å². The van der Waals surface area contributed by atoms with Crippen molar-refractivity contribution in [1.82, 2.24) is 14.9 Å². The Bertz CT molecular complexity index is 922. The molecule has 0 bridgehead atoms. The number of hydrogen-bond donors (Lipinski definition) is 2. The maximum absolute atomic E-state index is 15.4. The third-order valence-electron chi connectivity index (χ3n) is 5.30. The van der Waals surface area contributed by atoms with E-state index in [0.29, 0.717) is 28.6 Å². The number of ether oxygens (including phenoxy) is 1. The number of fused-ring (bicyclic) bond motifs is 1. The maximum atomic E-state index is 15.4. The molecular formula is C22H27FN4OS. The highest BCUT2D eigenvalue weighted by Gasteiger charge is 2.28. The van der Waals surface area contributed by atoms with Crippen molar-refractivity contribution in [2.45, 2.75) is 29.9 Å². The van der Waals surface area contributed by atoms with Gasteiger partial charge < -0.3 is 20.4 Å². The molecule has 1 atom stereocenters. The van der Waals surface area contributed by atoms with Crippen molar-refractivity contribution >= 4 is 22.8 Å². The van der Waals surface area contributed by atoms with Crippen molar-refractivity contribution in [3.63, 3.8) is 0 Å². The van der Waals surface area contributed by atoms with Crippen LogP contribution in [0.15, 0.2) is 47.4 Å². The molecule has 1 aliphatic rings. The van der Waals surface area contributed by atoms with Crippen LogP contribution < -0.4 is 5.73 Å². The summed E-state index contributed by atoms with van der Waals surface area (Å²) in [4.78, 5) is 11.0. The van der Waals surface area contributed by atoms with Crippen LogP contribution in [0.5, 0.6) is 0 Å². The Hall–Kier alpha value is -1.93. The molecule has 29 heavy (non-hydrogen) atoms. The molecule has 3 N–H and O–H groups in total. The number of thioether (sulfide) groups is 1. The highest BCUT2D eigenvalue weighted by Crippen LogP contribution is 2.34. The molecule has 154 valence electrons. The molecule has 1 aliphatic heterocycles. The van der Waals surface area contributed by atoms with Gasteiger partial charge in [-0.15, -0.1) is 11.8 Å². The molecule has 2 aromatic carbocycles. The monoisotopic (exact) mass is 414 g/mol. The highest BCUT2D eigenvalue weighted by molar-refractivity contribution is 7.99. The molecule has 0 aliphatic carbocycles. The average Bonchev–Trinajstić information content (AvgIpc) is 3.17. The SMILES string of the molecule is CN1CCC(OC(c2nc3ccccc3[nH]2)c2cccc(SCCN)c2F)CC1. The fraction of sp³-hybridized carbons (Fsp3) is 0.409. The average molecular weight is 415 g/mol. The molecule has 1 fully saturated rings. The number of hydrogen-bond acceptors (Lipinski definition) is 5. The van der Waals surface area contributed by atoms with Crippen LogP contribution in [0.25, 0.3) is 11.0 Å². The number of nitrogens with two attached hydrogens (primary N) is 1. The molecule has 5 nitrogen and oxygen atoms in total. The van der Waals surface area contributed by atoms with Crippen molar-refractivity contribution < 1.29 is 9.13 Å². The summed E-state index contributed by atoms with van der Waals surface area (Å²) in [6, 6.07) is 13.3. The van der Waals surface area contributed by atoms with Crippen LogP contribution >= 0.6 is 11.8 Å². The van der Waals surface area contributed by atoms with Crippen LogP contribution in [0.3, 0.4) is 0 Å². The molecule has 0 radical (unpaired) electrons. The highest BCUT2D eigenvalue weighted by atomic mass is 32.2. The summed E-state index contributed by atoms with van der Waals surface area (Å²) in [7, 11) is 2.12. The van der Waals surface area contributed by atoms with Crippen molar-refractivity contribution in [3.8, 4) is 0 Å². The minimum absolute atomic E-state index is 0.0733. The maximum Gasteiger partial charge on any atom is 0.143 e. The zero-order valence-corrected chi connectivity index (χ0v) is 17.4. The van der Waals surface area contributed by atoms with Gasteiger partial charge in [-0.1, -0.05) is 24.3 Å². The first-order chi connectivity index (χ1) is 14.2. The first-order valence-corrected chi connectivity index (χ1v) is 11.0. The Morgan fingerprint density at radius 3 is 2.79 bits per heavy atom. The van der Waals surface area contributed by atoms with E-state index in [2.05, 4.69) is 16.9 Å². The summed E-state index contributed by atoms with van der Waals surface area (Å²) in [5.41, 5.74) is 7.90. The van der Waals surface area contributed by atoms with Gasteiger partial charge in [0.15, 0.2) is 0 Å². The quantitative estimate of drug-likeness (QED) is 0.573. The number of H-pyrrole nitrogens is 1. The Balaban J connectivity index is 1.70. The van der Waals surface area contributed by atoms with E-state index in [9.17, 15) is 0 Å². The number of piperidine rings is 1. The van der Waals surface area contributed by atoms with E-state index in [-0.39, 0.29) is 11.9 Å². The van der Waals surface area contributed by atoms with Crippen LogP contribution in [0.4, 0.5) is 4.39 Å². The van der Waals surface area contributed by atoms with Crippen molar-refractivity contribution in [3.05, 3.63) is 59.7 Å². The van der Waals surface area contributed by atoms with Gasteiger partial charge in [-0.3, -0.25) is 0 Å². The van der Waals surface area contributed by atoms with Gasteiger partial charge in [0.25, 0.3) is 0 Å². The molecule has 1 unspecified atom stereocenters. The molecule has 4 rings (SSSR count). The number of benzene rings is 2. The topological polar surface area (TPSA) is 67.2 Å². The normalized spacial score (nSPS) is 17.1. The summed E-state index contributed by atoms with van der Waals surface area (Å²) in [6.07, 6.45) is 1.35. The number of aromatic amines is 1. The Morgan fingerprint density at radius 2 is 2.03 bits per heavy atom. The van der Waals surface area contributed by atoms with Crippen molar-refractivity contribution in [1.29, 1.82) is 0 Å². The number of rotatable bonds is 7. The number of imidazole rings is 1. The molecule has 1 saturated heterocycles. The van der Waals surface area contributed by atoms with E-state index in [0.717, 1.165) is 37.0 Å². The number of nitrogens with zero attached hydrogens (tertiary/aromatic N) is 2. The van der Waals surface area contributed by atoms with E-state index in [4.69, 9.17) is 15.5 Å². The first kappa shape index (κ1) is 20.3. The van der Waals surface area contributed by atoms with E-state index in [1.165, 1.54) is 11.8 Å². The van der Waals surface area contributed by atoms with Crippen LogP contribution in [0, 0.1) is 5.82 Å². The smallest absolute Gasteiger partial charge is 0.143 e. The molecular weight excluding hydrogens is 387 g/mol. The van der Waals surface area contributed by atoms with Gasteiger partial charge in [0, 0.05) is 35.8 Å². The van der Waals surface area contributed by atoms with E-state index >= 15 is 4.39 Å². The van der Waals surface area contributed by atoms with Crippen LogP contribution in [-0.2, 0) is 4.74 Å². The summed E-state index contributed by atoms with van der Waals surface area (Å²) >= 11 is 1.43. The largest absolute Gasteiger partial charge is 0.362 e. The number of likely N-dealkylation sites (tertiary alicyclic amines) is 1. The summed E-state index contributed by atoms with van der Waals surface area (Å²) < 4.78 is 21.9. The zero-order chi connectivity index (χ0) is 20.2. The molecule has 3 aromatic rings. The van der Waals surface area contributed by atoms with Crippen molar-refractivity contribution in [2.75, 3.05) is 32.4 Å². The van der Waals surface area contributed by atoms with Crippen LogP contribution in [-0.4, -0.2) is 53.4 Å². The standard InChI is InChI=1S/C22H27FN4OS/c1-27-12-9-15(10-13-27)28-21(22-25-17-6-2-3-7-18(17)26-22)16-5-4-8-19(20(16)23)29-14-11-24/h2-8,15,21H,9-14,24H2,1H3,(H,25,26). The fourth-order valence-corrected chi connectivity index (χ4v) is 4.46. The Kier molecular flexibility index (Phi) is 6.50. The van der Waals surface area contributed by atoms with E-state index in [1.807, 2.05) is 30.3 Å². The lowest BCUT2D eigenvalue weighted by molar-refractivity contribution is -0.0278. The minimum Gasteiger partial charge on any atom is -0.362 e. The van der Waals surface area contributed by atoms with Crippen molar-refractivity contribution in [2.24, 2.45) is 5.73 Å². The third kappa shape index (κ3) is 4.64. The summed E-state index contributed by atoms with van der Waals surface area (Å²) in [5.74, 6) is 1.07. The number of halogens is 1. The Morgan fingerprint density at radius 1 is 1.24 bits per heavy atom. The number of aromatic nitrogens is 2. The summed E-state index contributed by atoms with van der Waals surface area (Å²) in [5, 5.41) is 0. The van der Waals surface area contributed by atoms with Gasteiger partial charge in [0.1, 0.15) is 17.7 Å².